The highest BCUT2D eigenvalue weighted by molar-refractivity contribution is 7.34. The van der Waals surface area contributed by atoms with Crippen molar-refractivity contribution in [1.29, 1.82) is 0 Å². The zero-order valence-electron chi connectivity index (χ0n) is 42.1. The Morgan fingerprint density at radius 1 is 0.329 bits per heavy atom. The minimum absolute atomic E-state index is 0.808. The highest BCUT2D eigenvalue weighted by atomic mass is 32.1. The average Bonchev–Trinajstić information content (AvgIpc) is 4.23. The van der Waals surface area contributed by atoms with Crippen molar-refractivity contribution in [3.05, 3.63) is 176 Å². The van der Waals surface area contributed by atoms with E-state index in [4.69, 9.17) is 9.47 Å². The Balaban J connectivity index is 1.08. The summed E-state index contributed by atoms with van der Waals surface area (Å²) in [5.41, 5.74) is 11.2. The third-order valence-corrected chi connectivity index (χ3v) is 19.8. The number of thiophene rings is 4. The molecule has 0 unspecified atom stereocenters. The molecule has 0 N–H and O–H groups in total. The molecule has 0 spiro atoms. The summed E-state index contributed by atoms with van der Waals surface area (Å²) in [4.78, 5) is 5.05. The molecule has 364 valence electrons. The number of aryl methyl sites for hydroxylation is 4. The molecule has 0 amide bonds. The molecular weight excluding hydrogens is 929 g/mol. The molecule has 10 rings (SSSR count). The second kappa shape index (κ2) is 22.5. The maximum atomic E-state index is 7.90. The van der Waals surface area contributed by atoms with Crippen LogP contribution in [0.1, 0.15) is 186 Å². The van der Waals surface area contributed by atoms with Crippen molar-refractivity contribution in [2.45, 2.75) is 167 Å². The third kappa shape index (κ3) is 9.52. The molecular formula is C64H72O2S4. The Morgan fingerprint density at radius 3 is 0.886 bits per heavy atom. The van der Waals surface area contributed by atoms with Gasteiger partial charge in [0.15, 0.2) is 22.7 Å². The zero-order chi connectivity index (χ0) is 47.9. The van der Waals surface area contributed by atoms with E-state index in [0.29, 0.717) is 0 Å². The summed E-state index contributed by atoms with van der Waals surface area (Å²) in [5, 5.41) is 4.57. The van der Waals surface area contributed by atoms with Crippen LogP contribution in [0.25, 0.3) is 28.9 Å². The van der Waals surface area contributed by atoms with E-state index in [1.165, 1.54) is 187 Å². The third-order valence-electron chi connectivity index (χ3n) is 15.2. The predicted molar refractivity (Wildman–Crippen MR) is 305 cm³/mol. The first kappa shape index (κ1) is 49.1. The standard InChI is InChI=1S/C64H72O2S4/c1-5-9-13-17-21-45-25-33-49(34-26-45)63(50-35-27-46(28-36-50)22-18-14-10-6-2)53-41-43-67-57(53)59-55(65-63)61-62(69-59)56-60(70-61)58-54(42-44-68-58)64(66-56,51-37-29-47(30-38-51)23-19-15-11-7-3)52-39-31-48(32-40-52)24-20-16-12-8-4/h25-44H,5-24H2,1-4H3. The fourth-order valence-corrected chi connectivity index (χ4v) is 16.0. The Kier molecular flexibility index (Phi) is 15.8. The van der Waals surface area contributed by atoms with Gasteiger partial charge in [0, 0.05) is 33.4 Å². The van der Waals surface area contributed by atoms with Gasteiger partial charge in [-0.15, -0.1) is 45.3 Å². The predicted octanol–water partition coefficient (Wildman–Crippen LogP) is 20.3. The van der Waals surface area contributed by atoms with Crippen molar-refractivity contribution < 1.29 is 9.47 Å². The van der Waals surface area contributed by atoms with E-state index in [1.807, 2.05) is 45.3 Å². The van der Waals surface area contributed by atoms with E-state index in [-0.39, 0.29) is 0 Å². The number of ether oxygens (including phenoxy) is 2. The smallest absolute Gasteiger partial charge is 0.186 e. The molecule has 4 aromatic heterocycles. The number of benzene rings is 4. The summed E-state index contributed by atoms with van der Waals surface area (Å²) in [6.07, 6.45) is 24.7. The van der Waals surface area contributed by atoms with E-state index in [9.17, 15) is 0 Å². The van der Waals surface area contributed by atoms with Gasteiger partial charge in [-0.3, -0.25) is 0 Å². The molecule has 8 aromatic rings. The molecule has 0 fully saturated rings. The molecule has 6 heterocycles. The van der Waals surface area contributed by atoms with Gasteiger partial charge in [0.25, 0.3) is 0 Å². The quantitative estimate of drug-likeness (QED) is 0.0562. The lowest BCUT2D eigenvalue weighted by atomic mass is 9.78. The molecule has 6 heteroatoms. The lowest BCUT2D eigenvalue weighted by Crippen LogP contribution is -2.37. The first-order valence-corrected chi connectivity index (χ1v) is 30.4. The number of hydrogen-bond donors (Lipinski definition) is 0. The topological polar surface area (TPSA) is 18.5 Å². The van der Waals surface area contributed by atoms with E-state index >= 15 is 0 Å². The van der Waals surface area contributed by atoms with Crippen LogP contribution in [0, 0.1) is 0 Å². The maximum Gasteiger partial charge on any atom is 0.186 e. The lowest BCUT2D eigenvalue weighted by Gasteiger charge is -2.39. The van der Waals surface area contributed by atoms with Crippen molar-refractivity contribution in [2.24, 2.45) is 0 Å². The van der Waals surface area contributed by atoms with E-state index in [2.05, 4.69) is 148 Å². The molecule has 0 aliphatic carbocycles. The highest BCUT2D eigenvalue weighted by Gasteiger charge is 2.50. The fourth-order valence-electron chi connectivity index (χ4n) is 11.2. The minimum atomic E-state index is -0.808. The van der Waals surface area contributed by atoms with Gasteiger partial charge < -0.3 is 9.47 Å². The summed E-state index contributed by atoms with van der Waals surface area (Å²) >= 11 is 7.43. The highest BCUT2D eigenvalue weighted by Crippen LogP contribution is 2.66. The average molecular weight is 1000 g/mol. The lowest BCUT2D eigenvalue weighted by molar-refractivity contribution is 0.155. The van der Waals surface area contributed by atoms with Gasteiger partial charge in [0.2, 0.25) is 0 Å². The van der Waals surface area contributed by atoms with Crippen molar-refractivity contribution >= 4 is 54.7 Å². The van der Waals surface area contributed by atoms with Gasteiger partial charge in [-0.05, 0) is 96.5 Å². The van der Waals surface area contributed by atoms with E-state index in [0.717, 1.165) is 37.2 Å². The van der Waals surface area contributed by atoms with Crippen molar-refractivity contribution in [2.75, 3.05) is 0 Å². The van der Waals surface area contributed by atoms with Crippen LogP contribution in [0.3, 0.4) is 0 Å². The van der Waals surface area contributed by atoms with Crippen LogP contribution in [0.15, 0.2) is 120 Å². The number of rotatable bonds is 24. The van der Waals surface area contributed by atoms with Gasteiger partial charge >= 0.3 is 0 Å². The van der Waals surface area contributed by atoms with Crippen molar-refractivity contribution in [1.82, 2.24) is 0 Å². The number of fused-ring (bicyclic) bond motifs is 9. The largest absolute Gasteiger partial charge is 0.470 e. The minimum Gasteiger partial charge on any atom is -0.470 e. The second-order valence-electron chi connectivity index (χ2n) is 20.1. The van der Waals surface area contributed by atoms with Crippen LogP contribution in [-0.2, 0) is 36.9 Å². The normalized spacial score (nSPS) is 14.2. The Hall–Kier alpha value is -4.46. The van der Waals surface area contributed by atoms with E-state index in [1.54, 1.807) is 0 Å². The van der Waals surface area contributed by atoms with Crippen LogP contribution in [0.2, 0.25) is 0 Å². The van der Waals surface area contributed by atoms with Crippen LogP contribution in [0.5, 0.6) is 11.5 Å². The summed E-state index contributed by atoms with van der Waals surface area (Å²) in [6.45, 7) is 9.16. The number of unbranched alkanes of at least 4 members (excludes halogenated alkanes) is 12. The zero-order valence-corrected chi connectivity index (χ0v) is 45.4. The van der Waals surface area contributed by atoms with Crippen molar-refractivity contribution in [3.8, 4) is 31.0 Å². The summed E-state index contributed by atoms with van der Waals surface area (Å²) < 4.78 is 18.2. The monoisotopic (exact) mass is 1000 g/mol. The molecule has 70 heavy (non-hydrogen) atoms. The first-order chi connectivity index (χ1) is 34.5. The summed E-state index contributed by atoms with van der Waals surface area (Å²) in [7, 11) is 0. The Bertz CT molecular complexity index is 2610. The SMILES string of the molecule is CCCCCCc1ccc(C2(c3ccc(CCCCCC)cc3)Oc3c(sc4c5c(sc34)-c3sccc3C(c3ccc(CCCCCC)cc3)(c3ccc(CCCCCC)cc3)O5)-c3sccc32)cc1. The van der Waals surface area contributed by atoms with Gasteiger partial charge in [-0.1, -0.05) is 202 Å². The number of hydrogen-bond acceptors (Lipinski definition) is 6. The summed E-state index contributed by atoms with van der Waals surface area (Å²) in [5.74, 6) is 1.99. The molecule has 2 aliphatic rings. The maximum absolute atomic E-state index is 7.90. The van der Waals surface area contributed by atoms with Gasteiger partial charge in [0.1, 0.15) is 0 Å². The Morgan fingerprint density at radius 2 is 0.614 bits per heavy atom. The first-order valence-electron chi connectivity index (χ1n) is 27.0. The van der Waals surface area contributed by atoms with Crippen LogP contribution in [0.4, 0.5) is 0 Å². The molecule has 2 aliphatic heterocycles. The molecule has 0 bridgehead atoms. The molecule has 0 saturated carbocycles. The molecule has 4 aromatic carbocycles. The van der Waals surface area contributed by atoms with Gasteiger partial charge in [0.05, 0.1) is 28.9 Å². The van der Waals surface area contributed by atoms with E-state index < -0.39 is 11.2 Å². The molecule has 0 radical (unpaired) electrons. The summed E-state index contributed by atoms with van der Waals surface area (Å²) in [6, 6.07) is 42.6. The van der Waals surface area contributed by atoms with Gasteiger partial charge in [-0.25, -0.2) is 0 Å². The molecule has 2 nitrogen and oxygen atoms in total. The molecule has 0 atom stereocenters. The van der Waals surface area contributed by atoms with Crippen LogP contribution >= 0.6 is 45.3 Å². The Labute approximate surface area is 435 Å². The molecule has 0 saturated heterocycles. The fraction of sp³-hybridized carbons (Fsp3) is 0.406. The van der Waals surface area contributed by atoms with Crippen LogP contribution in [-0.4, -0.2) is 0 Å². The van der Waals surface area contributed by atoms with Crippen molar-refractivity contribution in [3.63, 3.8) is 0 Å². The van der Waals surface area contributed by atoms with Crippen LogP contribution < -0.4 is 9.47 Å². The second-order valence-corrected chi connectivity index (χ2v) is 24.0. The van der Waals surface area contributed by atoms with Gasteiger partial charge in [-0.2, -0.15) is 0 Å².